The van der Waals surface area contributed by atoms with Gasteiger partial charge in [-0.15, -0.1) is 0 Å². The van der Waals surface area contributed by atoms with E-state index in [1.165, 1.54) is 24.2 Å². The summed E-state index contributed by atoms with van der Waals surface area (Å²) in [7, 11) is 3.52. The molecule has 0 atom stereocenters. The van der Waals surface area contributed by atoms with E-state index in [1.54, 1.807) is 30.3 Å². The number of pyridine rings is 1. The summed E-state index contributed by atoms with van der Waals surface area (Å²) < 4.78 is 7.40. The van der Waals surface area contributed by atoms with Crippen LogP contribution in [0.25, 0.3) is 43.4 Å². The molecule has 4 aromatic heterocycles. The van der Waals surface area contributed by atoms with E-state index in [9.17, 15) is 0 Å². The van der Waals surface area contributed by atoms with Crippen molar-refractivity contribution in [2.45, 2.75) is 12.8 Å². The summed E-state index contributed by atoms with van der Waals surface area (Å²) in [6, 6.07) is 9.93. The van der Waals surface area contributed by atoms with E-state index in [1.807, 2.05) is 31.4 Å². The number of benzene rings is 1. The largest absolute Gasteiger partial charge is 0.494 e. The Bertz CT molecular complexity index is 1640. The van der Waals surface area contributed by atoms with E-state index in [0.717, 1.165) is 37.8 Å². The Morgan fingerprint density at radius 1 is 1.06 bits per heavy atom. The van der Waals surface area contributed by atoms with Gasteiger partial charge in [-0.1, -0.05) is 41.0 Å². The van der Waals surface area contributed by atoms with Crippen molar-refractivity contribution in [3.05, 3.63) is 59.8 Å². The van der Waals surface area contributed by atoms with Crippen LogP contribution in [-0.2, 0) is 7.05 Å². The number of aromatic nitrogens is 6. The number of fused-ring (bicyclic) bond motifs is 1. The molecule has 0 saturated heterocycles. The Balaban J connectivity index is 1.51. The molecule has 0 radical (unpaired) electrons. The Morgan fingerprint density at radius 3 is 2.71 bits per heavy atom. The second-order valence-electron chi connectivity index (χ2n) is 8.29. The van der Waals surface area contributed by atoms with Crippen LogP contribution < -0.4 is 4.74 Å². The number of nitrogens with zero attached hydrogens (tertiary/aromatic N) is 6. The van der Waals surface area contributed by atoms with Crippen LogP contribution in [0.2, 0.25) is 5.15 Å². The molecule has 1 aliphatic carbocycles. The van der Waals surface area contributed by atoms with Crippen LogP contribution in [0.1, 0.15) is 18.5 Å². The number of thiazole rings is 1. The lowest BCUT2D eigenvalue weighted by Gasteiger charge is -2.13. The minimum atomic E-state index is 0.376. The first-order valence-corrected chi connectivity index (χ1v) is 12.3. The van der Waals surface area contributed by atoms with Gasteiger partial charge in [-0.2, -0.15) is 5.10 Å². The lowest BCUT2D eigenvalue weighted by molar-refractivity contribution is 0.414. The first-order valence-electron chi connectivity index (χ1n) is 11.1. The summed E-state index contributed by atoms with van der Waals surface area (Å²) >= 11 is 7.78. The quantitative estimate of drug-likeness (QED) is 0.236. The van der Waals surface area contributed by atoms with E-state index in [-0.39, 0.29) is 0 Å². The average Bonchev–Trinajstić information content (AvgIpc) is 3.45. The van der Waals surface area contributed by atoms with Gasteiger partial charge in [0, 0.05) is 35.9 Å². The molecule has 4 heterocycles. The number of ether oxygens (including phenoxy) is 1. The van der Waals surface area contributed by atoms with Gasteiger partial charge >= 0.3 is 0 Å². The molecule has 1 fully saturated rings. The molecular formula is C26H19ClN6OS. The molecule has 0 aliphatic heterocycles. The standard InChI is InChI=1S/C26H19ClN6OS/c1-33-10-9-21(32-33)16-6-8-18(19(11-16)20-12-23(27)28-14-22(20)34-2)25-31-24-26(35-25)30-17(13-29-24)7-5-15-3-4-15/h6,8-15H,3-4H2,1-2H3. The van der Waals surface area contributed by atoms with E-state index >= 15 is 0 Å². The Labute approximate surface area is 210 Å². The maximum absolute atomic E-state index is 6.29. The molecule has 6 rings (SSSR count). The minimum absolute atomic E-state index is 0.376. The van der Waals surface area contributed by atoms with Crippen molar-refractivity contribution in [1.29, 1.82) is 0 Å². The number of hydrogen-bond donors (Lipinski definition) is 0. The molecule has 1 aliphatic rings. The molecule has 172 valence electrons. The third kappa shape index (κ3) is 4.36. The fraction of sp³-hybridized carbons (Fsp3) is 0.192. The van der Waals surface area contributed by atoms with Crippen LogP contribution in [-0.4, -0.2) is 36.8 Å². The molecule has 35 heavy (non-hydrogen) atoms. The molecule has 0 unspecified atom stereocenters. The number of halogens is 1. The van der Waals surface area contributed by atoms with Crippen LogP contribution in [0, 0.1) is 17.8 Å². The van der Waals surface area contributed by atoms with E-state index < -0.39 is 0 Å². The zero-order valence-electron chi connectivity index (χ0n) is 19.0. The highest BCUT2D eigenvalue weighted by atomic mass is 35.5. The van der Waals surface area contributed by atoms with Gasteiger partial charge in [0.05, 0.1) is 25.2 Å². The molecule has 9 heteroatoms. The first-order chi connectivity index (χ1) is 17.1. The SMILES string of the molecule is COc1cnc(Cl)cc1-c1cc(-c2ccn(C)n2)ccc1-c1nc2ncc(C#CC3CC3)nc2s1. The summed E-state index contributed by atoms with van der Waals surface area (Å²) in [5.41, 5.74) is 5.74. The number of aryl methyl sites for hydroxylation is 1. The molecule has 0 amide bonds. The monoisotopic (exact) mass is 498 g/mol. The van der Waals surface area contributed by atoms with Gasteiger partial charge in [0.15, 0.2) is 10.5 Å². The van der Waals surface area contributed by atoms with Crippen molar-refractivity contribution in [1.82, 2.24) is 29.7 Å². The Hall–Kier alpha value is -3.80. The summed E-state index contributed by atoms with van der Waals surface area (Å²) in [5.74, 6) is 7.50. The van der Waals surface area contributed by atoms with Crippen LogP contribution in [0.5, 0.6) is 5.75 Å². The highest BCUT2D eigenvalue weighted by Crippen LogP contribution is 2.41. The molecule has 1 saturated carbocycles. The van der Waals surface area contributed by atoms with Gasteiger partial charge in [-0.05, 0) is 42.5 Å². The smallest absolute Gasteiger partial charge is 0.190 e. The van der Waals surface area contributed by atoms with Crippen molar-refractivity contribution < 1.29 is 4.74 Å². The maximum atomic E-state index is 6.29. The van der Waals surface area contributed by atoms with Crippen LogP contribution in [0.4, 0.5) is 0 Å². The molecule has 0 spiro atoms. The van der Waals surface area contributed by atoms with Gasteiger partial charge in [0.25, 0.3) is 0 Å². The van der Waals surface area contributed by atoms with Crippen LogP contribution in [0.15, 0.2) is 48.9 Å². The first kappa shape index (κ1) is 21.7. The topological polar surface area (TPSA) is 78.6 Å². The predicted octanol–water partition coefficient (Wildman–Crippen LogP) is 5.64. The third-order valence-electron chi connectivity index (χ3n) is 5.71. The maximum Gasteiger partial charge on any atom is 0.190 e. The van der Waals surface area contributed by atoms with E-state index in [4.69, 9.17) is 26.3 Å². The Morgan fingerprint density at radius 2 is 1.94 bits per heavy atom. The van der Waals surface area contributed by atoms with Gasteiger partial charge in [0.2, 0.25) is 0 Å². The fourth-order valence-corrected chi connectivity index (χ4v) is 4.87. The summed E-state index contributed by atoms with van der Waals surface area (Å²) in [4.78, 5) is 18.9. The lowest BCUT2D eigenvalue weighted by atomic mass is 9.96. The molecule has 0 bridgehead atoms. The molecule has 1 aromatic carbocycles. The van der Waals surface area contributed by atoms with Crippen LogP contribution in [0.3, 0.4) is 0 Å². The van der Waals surface area contributed by atoms with Gasteiger partial charge in [0.1, 0.15) is 21.6 Å². The highest BCUT2D eigenvalue weighted by molar-refractivity contribution is 7.21. The van der Waals surface area contributed by atoms with Crippen molar-refractivity contribution in [2.24, 2.45) is 13.0 Å². The molecule has 0 N–H and O–H groups in total. The zero-order chi connectivity index (χ0) is 23.9. The predicted molar refractivity (Wildman–Crippen MR) is 137 cm³/mol. The van der Waals surface area contributed by atoms with E-state index in [0.29, 0.717) is 28.2 Å². The van der Waals surface area contributed by atoms with Crippen molar-refractivity contribution in [2.75, 3.05) is 7.11 Å². The van der Waals surface area contributed by atoms with Gasteiger partial charge in [-0.3, -0.25) is 4.68 Å². The van der Waals surface area contributed by atoms with Crippen LogP contribution >= 0.6 is 22.9 Å². The summed E-state index contributed by atoms with van der Waals surface area (Å²) in [6.45, 7) is 0. The summed E-state index contributed by atoms with van der Waals surface area (Å²) in [6.07, 6.45) is 7.58. The zero-order valence-corrected chi connectivity index (χ0v) is 20.6. The van der Waals surface area contributed by atoms with E-state index in [2.05, 4.69) is 33.0 Å². The minimum Gasteiger partial charge on any atom is -0.494 e. The van der Waals surface area contributed by atoms with Gasteiger partial charge in [-0.25, -0.2) is 19.9 Å². The normalized spacial score (nSPS) is 13.0. The second kappa shape index (κ2) is 8.77. The van der Waals surface area contributed by atoms with Crippen molar-refractivity contribution in [3.8, 4) is 50.5 Å². The number of hydrogen-bond acceptors (Lipinski definition) is 7. The Kier molecular flexibility index (Phi) is 5.44. The van der Waals surface area contributed by atoms with Crippen molar-refractivity contribution in [3.63, 3.8) is 0 Å². The average molecular weight is 499 g/mol. The molecular weight excluding hydrogens is 480 g/mol. The number of methoxy groups -OCH3 is 1. The third-order valence-corrected chi connectivity index (χ3v) is 6.89. The van der Waals surface area contributed by atoms with Crippen molar-refractivity contribution >= 4 is 33.4 Å². The number of rotatable bonds is 4. The highest BCUT2D eigenvalue weighted by Gasteiger charge is 2.20. The fourth-order valence-electron chi connectivity index (χ4n) is 3.77. The molecule has 5 aromatic rings. The van der Waals surface area contributed by atoms with Gasteiger partial charge < -0.3 is 4.74 Å². The summed E-state index contributed by atoms with van der Waals surface area (Å²) in [5, 5.41) is 5.73. The molecule has 7 nitrogen and oxygen atoms in total. The lowest BCUT2D eigenvalue weighted by Crippen LogP contribution is -1.94. The second-order valence-corrected chi connectivity index (χ2v) is 9.65.